The molecule has 0 saturated heterocycles. The average Bonchev–Trinajstić information content (AvgIpc) is 2.56. The van der Waals surface area contributed by atoms with Gasteiger partial charge in [0.2, 0.25) is 0 Å². The number of hydrogen-bond donors (Lipinski definition) is 3. The molecule has 2 aromatic rings. The lowest BCUT2D eigenvalue weighted by Crippen LogP contribution is -2.33. The monoisotopic (exact) mass is 330 g/mol. The van der Waals surface area contributed by atoms with Crippen molar-refractivity contribution in [2.75, 3.05) is 11.9 Å². The summed E-state index contributed by atoms with van der Waals surface area (Å²) < 4.78 is 13.5. The summed E-state index contributed by atoms with van der Waals surface area (Å²) >= 11 is 0. The number of hydrogen-bond acceptors (Lipinski definition) is 2. The van der Waals surface area contributed by atoms with Gasteiger partial charge in [-0.2, -0.15) is 0 Å². The molecule has 0 aliphatic heterocycles. The number of urea groups is 1. The lowest BCUT2D eigenvalue weighted by atomic mass is 9.93. The summed E-state index contributed by atoms with van der Waals surface area (Å²) in [5, 5.41) is 15.1. The molecule has 0 spiro atoms. The zero-order valence-electron chi connectivity index (χ0n) is 13.9. The Morgan fingerprint density at radius 3 is 2.54 bits per heavy atom. The van der Waals surface area contributed by atoms with Crippen LogP contribution in [0.1, 0.15) is 30.4 Å². The van der Waals surface area contributed by atoms with E-state index in [0.717, 1.165) is 5.56 Å². The molecule has 0 aliphatic rings. The van der Waals surface area contributed by atoms with Crippen molar-refractivity contribution in [3.8, 4) is 0 Å². The van der Waals surface area contributed by atoms with E-state index in [1.165, 1.54) is 6.07 Å². The van der Waals surface area contributed by atoms with Crippen LogP contribution in [0.3, 0.4) is 0 Å². The quantitative estimate of drug-likeness (QED) is 0.754. The van der Waals surface area contributed by atoms with Gasteiger partial charge in [0.25, 0.3) is 0 Å². The maximum atomic E-state index is 13.5. The molecule has 2 aromatic carbocycles. The second kappa shape index (κ2) is 8.45. The van der Waals surface area contributed by atoms with Crippen LogP contribution in [0.5, 0.6) is 0 Å². The Morgan fingerprint density at radius 1 is 1.17 bits per heavy atom. The van der Waals surface area contributed by atoms with Crippen molar-refractivity contribution in [1.29, 1.82) is 0 Å². The molecule has 128 valence electrons. The van der Waals surface area contributed by atoms with Crippen molar-refractivity contribution in [3.63, 3.8) is 0 Å². The molecule has 2 atom stereocenters. The number of anilines is 1. The Balaban J connectivity index is 1.98. The normalized spacial score (nSPS) is 13.2. The molecule has 0 radical (unpaired) electrons. The fourth-order valence-corrected chi connectivity index (χ4v) is 2.60. The summed E-state index contributed by atoms with van der Waals surface area (Å²) in [6.45, 7) is 3.73. The van der Waals surface area contributed by atoms with Gasteiger partial charge in [-0.3, -0.25) is 0 Å². The third-order valence-corrected chi connectivity index (χ3v) is 3.92. The number of carbonyl (C=O) groups is 1. The predicted octanol–water partition coefficient (Wildman–Crippen LogP) is 3.81. The molecule has 2 amide bonds. The molecule has 0 saturated carbocycles. The molecule has 0 aromatic heterocycles. The van der Waals surface area contributed by atoms with Gasteiger partial charge in [0, 0.05) is 23.7 Å². The standard InChI is InChI=1S/C19H23FN2O2/c1-13(23)11-16(15-7-4-3-5-8-15)12-21-19(24)22-18-10-6-9-17(20)14(18)2/h3-10,13,16,23H,11-12H2,1-2H3,(H2,21,22,24). The SMILES string of the molecule is Cc1c(F)cccc1NC(=O)NCC(CC(C)O)c1ccccc1. The number of benzene rings is 2. The molecule has 0 bridgehead atoms. The fourth-order valence-electron chi connectivity index (χ4n) is 2.60. The largest absolute Gasteiger partial charge is 0.393 e. The number of amides is 2. The summed E-state index contributed by atoms with van der Waals surface area (Å²) in [6, 6.07) is 13.9. The number of aliphatic hydroxyl groups is 1. The highest BCUT2D eigenvalue weighted by Crippen LogP contribution is 2.21. The third-order valence-electron chi connectivity index (χ3n) is 3.92. The minimum absolute atomic E-state index is 0.00514. The van der Waals surface area contributed by atoms with Crippen molar-refractivity contribution in [2.24, 2.45) is 0 Å². The van der Waals surface area contributed by atoms with Crippen LogP contribution in [0.25, 0.3) is 0 Å². The summed E-state index contributed by atoms with van der Waals surface area (Å²) in [7, 11) is 0. The van der Waals surface area contributed by atoms with Gasteiger partial charge in [0.15, 0.2) is 0 Å². The van der Waals surface area contributed by atoms with Gasteiger partial charge < -0.3 is 15.7 Å². The first-order valence-corrected chi connectivity index (χ1v) is 8.00. The molecule has 0 aliphatic carbocycles. The number of nitrogens with one attached hydrogen (secondary N) is 2. The minimum Gasteiger partial charge on any atom is -0.393 e. The Bertz CT molecular complexity index is 674. The van der Waals surface area contributed by atoms with Crippen LogP contribution in [0, 0.1) is 12.7 Å². The lowest BCUT2D eigenvalue weighted by Gasteiger charge is -2.20. The molecular weight excluding hydrogens is 307 g/mol. The van der Waals surface area contributed by atoms with Gasteiger partial charge in [0.05, 0.1) is 6.10 Å². The number of rotatable bonds is 6. The van der Waals surface area contributed by atoms with Crippen LogP contribution in [0.4, 0.5) is 14.9 Å². The number of carbonyl (C=O) groups excluding carboxylic acids is 1. The lowest BCUT2D eigenvalue weighted by molar-refractivity contribution is 0.173. The third kappa shape index (κ3) is 5.06. The van der Waals surface area contributed by atoms with Crippen molar-refractivity contribution < 1.29 is 14.3 Å². The van der Waals surface area contributed by atoms with Crippen LogP contribution >= 0.6 is 0 Å². The van der Waals surface area contributed by atoms with E-state index in [2.05, 4.69) is 10.6 Å². The van der Waals surface area contributed by atoms with Crippen molar-refractivity contribution >= 4 is 11.7 Å². The van der Waals surface area contributed by atoms with E-state index in [9.17, 15) is 14.3 Å². The van der Waals surface area contributed by atoms with Crippen LogP contribution < -0.4 is 10.6 Å². The molecule has 0 fully saturated rings. The average molecular weight is 330 g/mol. The number of halogens is 1. The van der Waals surface area contributed by atoms with Gasteiger partial charge in [-0.05, 0) is 38.0 Å². The van der Waals surface area contributed by atoms with E-state index in [1.54, 1.807) is 26.0 Å². The second-order valence-electron chi connectivity index (χ2n) is 5.94. The van der Waals surface area contributed by atoms with Crippen molar-refractivity contribution in [3.05, 3.63) is 65.5 Å². The first kappa shape index (κ1) is 17.9. The summed E-state index contributed by atoms with van der Waals surface area (Å²) in [6.07, 6.45) is 0.0778. The Morgan fingerprint density at radius 2 is 1.88 bits per heavy atom. The van der Waals surface area contributed by atoms with Crippen molar-refractivity contribution in [2.45, 2.75) is 32.3 Å². The number of aliphatic hydroxyl groups excluding tert-OH is 1. The first-order chi connectivity index (χ1) is 11.5. The van der Waals surface area contributed by atoms with Crippen LogP contribution in [0.15, 0.2) is 48.5 Å². The van der Waals surface area contributed by atoms with E-state index < -0.39 is 12.1 Å². The summed E-state index contributed by atoms with van der Waals surface area (Å²) in [5.41, 5.74) is 1.90. The smallest absolute Gasteiger partial charge is 0.319 e. The summed E-state index contributed by atoms with van der Waals surface area (Å²) in [4.78, 5) is 12.1. The zero-order valence-corrected chi connectivity index (χ0v) is 13.9. The van der Waals surface area contributed by atoms with Crippen molar-refractivity contribution in [1.82, 2.24) is 5.32 Å². The van der Waals surface area contributed by atoms with Gasteiger partial charge in [-0.25, -0.2) is 9.18 Å². The zero-order chi connectivity index (χ0) is 17.5. The maximum absolute atomic E-state index is 13.5. The maximum Gasteiger partial charge on any atom is 0.319 e. The van der Waals surface area contributed by atoms with E-state index in [1.807, 2.05) is 30.3 Å². The molecular formula is C19H23FN2O2. The molecule has 24 heavy (non-hydrogen) atoms. The predicted molar refractivity (Wildman–Crippen MR) is 93.6 cm³/mol. The molecule has 3 N–H and O–H groups in total. The molecule has 0 heterocycles. The van der Waals surface area contributed by atoms with E-state index >= 15 is 0 Å². The Kier molecular flexibility index (Phi) is 6.32. The molecule has 5 heteroatoms. The minimum atomic E-state index is -0.467. The van der Waals surface area contributed by atoms with Crippen LogP contribution in [0.2, 0.25) is 0 Å². The fraction of sp³-hybridized carbons (Fsp3) is 0.316. The Labute approximate surface area is 141 Å². The van der Waals surface area contributed by atoms with E-state index in [0.29, 0.717) is 24.2 Å². The highest BCUT2D eigenvalue weighted by molar-refractivity contribution is 5.90. The highest BCUT2D eigenvalue weighted by Gasteiger charge is 2.16. The van der Waals surface area contributed by atoms with Gasteiger partial charge in [0.1, 0.15) is 5.82 Å². The second-order valence-corrected chi connectivity index (χ2v) is 5.94. The van der Waals surface area contributed by atoms with Crippen LogP contribution in [-0.2, 0) is 0 Å². The molecule has 2 rings (SSSR count). The Hall–Kier alpha value is -2.40. The molecule has 4 nitrogen and oxygen atoms in total. The van der Waals surface area contributed by atoms with E-state index in [4.69, 9.17) is 0 Å². The van der Waals surface area contributed by atoms with E-state index in [-0.39, 0.29) is 11.7 Å². The van der Waals surface area contributed by atoms with Gasteiger partial charge in [-0.1, -0.05) is 36.4 Å². The van der Waals surface area contributed by atoms with Gasteiger partial charge >= 0.3 is 6.03 Å². The highest BCUT2D eigenvalue weighted by atomic mass is 19.1. The first-order valence-electron chi connectivity index (χ1n) is 8.00. The summed E-state index contributed by atoms with van der Waals surface area (Å²) in [5.74, 6) is -0.352. The van der Waals surface area contributed by atoms with Gasteiger partial charge in [-0.15, -0.1) is 0 Å². The van der Waals surface area contributed by atoms with Crippen LogP contribution in [-0.4, -0.2) is 23.8 Å². The molecule has 2 unspecified atom stereocenters. The topological polar surface area (TPSA) is 61.4 Å².